The average molecular weight is 703 g/mol. The lowest BCUT2D eigenvalue weighted by Crippen LogP contribution is -1.89. The van der Waals surface area contributed by atoms with Gasteiger partial charge in [0.15, 0.2) is 0 Å². The van der Waals surface area contributed by atoms with Gasteiger partial charge in [-0.3, -0.25) is 0 Å². The highest BCUT2D eigenvalue weighted by atomic mass is 32.1. The molecule has 0 amide bonds. The molecule has 3 aromatic heterocycles. The molecule has 0 saturated heterocycles. The van der Waals surface area contributed by atoms with Crippen LogP contribution < -0.4 is 0 Å². The summed E-state index contributed by atoms with van der Waals surface area (Å²) in [5.41, 5.74) is 11.3. The van der Waals surface area contributed by atoms with Crippen LogP contribution in [0, 0.1) is 0 Å². The fourth-order valence-electron chi connectivity index (χ4n) is 7.60. The molecule has 0 saturated carbocycles. The molecule has 0 atom stereocenters. The van der Waals surface area contributed by atoms with E-state index in [-0.39, 0.29) is 0 Å². The largest absolute Gasteiger partial charge is 0.143 e. The molecule has 51 heavy (non-hydrogen) atoms. The van der Waals surface area contributed by atoms with Gasteiger partial charge in [-0.05, 0) is 102 Å². The van der Waals surface area contributed by atoms with Crippen molar-refractivity contribution in [2.75, 3.05) is 0 Å². The van der Waals surface area contributed by atoms with Gasteiger partial charge >= 0.3 is 0 Å². The van der Waals surface area contributed by atoms with Gasteiger partial charge in [0.05, 0.1) is 0 Å². The Morgan fingerprint density at radius 2 is 0.549 bits per heavy atom. The number of hydrogen-bond donors (Lipinski definition) is 0. The molecule has 0 aliphatic heterocycles. The van der Waals surface area contributed by atoms with Crippen molar-refractivity contribution in [1.29, 1.82) is 0 Å². The third kappa shape index (κ3) is 5.25. The summed E-state index contributed by atoms with van der Waals surface area (Å²) in [6.45, 7) is 0. The fourth-order valence-corrected chi connectivity index (χ4v) is 10.5. The number of thiophene rings is 3. The maximum Gasteiger partial charge on any atom is 0.0427 e. The molecular weight excluding hydrogens is 673 g/mol. The highest BCUT2D eigenvalue weighted by molar-refractivity contribution is 7.15. The molecule has 0 radical (unpaired) electrons. The van der Waals surface area contributed by atoms with Gasteiger partial charge in [-0.25, -0.2) is 0 Å². The zero-order valence-electron chi connectivity index (χ0n) is 27.5. The lowest BCUT2D eigenvalue weighted by atomic mass is 9.90. The SMILES string of the molecule is c1ccc2c(-c3sccc3-c3cc(-c4ccsc4-c4cccc5ccccc45)cc(-c4ccsc4-c4cccc5ccccc45)c3)cccc2c1. The minimum Gasteiger partial charge on any atom is -0.143 e. The Kier molecular flexibility index (Phi) is 7.50. The van der Waals surface area contributed by atoms with E-state index in [4.69, 9.17) is 0 Å². The predicted octanol–water partition coefficient (Wildman–Crippen LogP) is 15.3. The monoisotopic (exact) mass is 702 g/mol. The topological polar surface area (TPSA) is 0 Å². The van der Waals surface area contributed by atoms with Crippen LogP contribution in [-0.2, 0) is 0 Å². The van der Waals surface area contributed by atoms with Crippen molar-refractivity contribution >= 4 is 66.3 Å². The molecule has 3 heteroatoms. The van der Waals surface area contributed by atoms with Crippen molar-refractivity contribution in [3.63, 3.8) is 0 Å². The summed E-state index contributed by atoms with van der Waals surface area (Å²) in [5.74, 6) is 0. The Morgan fingerprint density at radius 1 is 0.255 bits per heavy atom. The van der Waals surface area contributed by atoms with Gasteiger partial charge < -0.3 is 0 Å². The Balaban J connectivity index is 1.21. The first-order valence-corrected chi connectivity index (χ1v) is 19.8. The van der Waals surface area contributed by atoms with Crippen molar-refractivity contribution < 1.29 is 0 Å². The molecule has 7 aromatic carbocycles. The molecule has 0 nitrogen and oxygen atoms in total. The second-order valence-electron chi connectivity index (χ2n) is 12.9. The number of hydrogen-bond acceptors (Lipinski definition) is 3. The van der Waals surface area contributed by atoms with Crippen LogP contribution in [0.3, 0.4) is 0 Å². The van der Waals surface area contributed by atoms with Crippen molar-refractivity contribution in [2.24, 2.45) is 0 Å². The van der Waals surface area contributed by atoms with E-state index >= 15 is 0 Å². The third-order valence-corrected chi connectivity index (χ3v) is 12.8. The number of fused-ring (bicyclic) bond motifs is 3. The van der Waals surface area contributed by atoms with Crippen LogP contribution in [0.5, 0.6) is 0 Å². The van der Waals surface area contributed by atoms with Gasteiger partial charge in [0.2, 0.25) is 0 Å². The second-order valence-corrected chi connectivity index (χ2v) is 15.6. The first-order chi connectivity index (χ1) is 25.3. The highest BCUT2D eigenvalue weighted by Gasteiger charge is 2.19. The first-order valence-electron chi connectivity index (χ1n) is 17.1. The van der Waals surface area contributed by atoms with E-state index in [1.54, 1.807) is 0 Å². The molecule has 240 valence electrons. The van der Waals surface area contributed by atoms with E-state index < -0.39 is 0 Å². The molecule has 3 heterocycles. The summed E-state index contributed by atoms with van der Waals surface area (Å²) in [6.07, 6.45) is 0. The quantitative estimate of drug-likeness (QED) is 0.162. The maximum absolute atomic E-state index is 2.42. The van der Waals surface area contributed by atoms with Crippen molar-refractivity contribution in [1.82, 2.24) is 0 Å². The average Bonchev–Trinajstić information content (AvgIpc) is 3.99. The normalized spacial score (nSPS) is 11.5. The molecule has 0 bridgehead atoms. The van der Waals surface area contributed by atoms with Crippen LogP contribution in [0.2, 0.25) is 0 Å². The minimum absolute atomic E-state index is 1.23. The smallest absolute Gasteiger partial charge is 0.0427 e. The van der Waals surface area contributed by atoms with Crippen molar-refractivity contribution in [3.05, 3.63) is 180 Å². The molecule has 0 unspecified atom stereocenters. The van der Waals surface area contributed by atoms with Gasteiger partial charge in [0.25, 0.3) is 0 Å². The molecule has 0 aliphatic carbocycles. The summed E-state index contributed by atoms with van der Waals surface area (Å²) in [4.78, 5) is 3.90. The Morgan fingerprint density at radius 3 is 0.882 bits per heavy atom. The lowest BCUT2D eigenvalue weighted by Gasteiger charge is -2.15. The van der Waals surface area contributed by atoms with Crippen LogP contribution in [0.15, 0.2) is 180 Å². The molecule has 10 rings (SSSR count). The van der Waals surface area contributed by atoms with Gasteiger partial charge in [-0.1, -0.05) is 127 Å². The minimum atomic E-state index is 1.23. The van der Waals surface area contributed by atoms with E-state index in [9.17, 15) is 0 Å². The Bertz CT molecular complexity index is 2540. The summed E-state index contributed by atoms with van der Waals surface area (Å²) in [6, 6.07) is 60.4. The van der Waals surface area contributed by atoms with Gasteiger partial charge in [0.1, 0.15) is 0 Å². The van der Waals surface area contributed by atoms with E-state index in [1.165, 1.54) is 97.0 Å². The van der Waals surface area contributed by atoms with E-state index in [2.05, 4.69) is 180 Å². The number of rotatable bonds is 6. The van der Waals surface area contributed by atoms with Crippen LogP contribution in [0.1, 0.15) is 0 Å². The van der Waals surface area contributed by atoms with Crippen LogP contribution in [-0.4, -0.2) is 0 Å². The van der Waals surface area contributed by atoms with E-state index in [0.717, 1.165) is 0 Å². The Hall–Kier alpha value is -5.58. The molecule has 0 fully saturated rings. The van der Waals surface area contributed by atoms with Crippen LogP contribution >= 0.6 is 34.0 Å². The predicted molar refractivity (Wildman–Crippen MR) is 225 cm³/mol. The molecule has 0 aliphatic rings. The summed E-state index contributed by atoms with van der Waals surface area (Å²) >= 11 is 5.48. The first kappa shape index (κ1) is 30.3. The third-order valence-electron chi connectivity index (χ3n) is 9.96. The summed E-state index contributed by atoms with van der Waals surface area (Å²) < 4.78 is 0. The van der Waals surface area contributed by atoms with Gasteiger partial charge in [-0.15, -0.1) is 34.0 Å². The summed E-state index contributed by atoms with van der Waals surface area (Å²) in [5, 5.41) is 14.4. The molecule has 0 N–H and O–H groups in total. The molecular formula is C48H30S3. The van der Waals surface area contributed by atoms with Gasteiger partial charge in [-0.2, -0.15) is 0 Å². The lowest BCUT2D eigenvalue weighted by molar-refractivity contribution is 1.62. The zero-order chi connectivity index (χ0) is 33.7. The zero-order valence-corrected chi connectivity index (χ0v) is 30.0. The summed E-state index contributed by atoms with van der Waals surface area (Å²) in [7, 11) is 0. The second kappa shape index (κ2) is 12.6. The number of benzene rings is 7. The maximum atomic E-state index is 2.42. The van der Waals surface area contributed by atoms with Crippen LogP contribution in [0.25, 0.3) is 97.0 Å². The molecule has 10 aromatic rings. The molecule has 0 spiro atoms. The highest BCUT2D eigenvalue weighted by Crippen LogP contribution is 2.47. The van der Waals surface area contributed by atoms with E-state index in [1.807, 2.05) is 34.0 Å². The van der Waals surface area contributed by atoms with Gasteiger partial charge in [0, 0.05) is 48.0 Å². The Labute approximate surface area is 309 Å². The van der Waals surface area contributed by atoms with E-state index in [0.29, 0.717) is 0 Å². The standard InChI is InChI=1S/C48H30S3/c1-4-16-37-31(10-1)13-7-19-43(37)46-40(22-25-49-46)34-28-35(41-23-26-50-47(41)44-20-8-14-32-11-2-5-17-38(32)44)30-36(29-34)42-24-27-51-48(42)45-21-9-15-33-12-3-6-18-39(33)45/h1-30H. The fraction of sp³-hybridized carbons (Fsp3) is 0. The van der Waals surface area contributed by atoms with Crippen molar-refractivity contribution in [2.45, 2.75) is 0 Å². The van der Waals surface area contributed by atoms with Crippen LogP contribution in [0.4, 0.5) is 0 Å². The van der Waals surface area contributed by atoms with Crippen molar-refractivity contribution in [3.8, 4) is 64.7 Å².